The smallest absolute Gasteiger partial charge is 0.240 e. The van der Waals surface area contributed by atoms with Crippen LogP contribution in [0.3, 0.4) is 0 Å². The largest absolute Gasteiger partial charge is 0.497 e. The number of methoxy groups -OCH3 is 1. The molecule has 0 bridgehead atoms. The molecule has 8 heteroatoms. The van der Waals surface area contributed by atoms with Crippen molar-refractivity contribution >= 4 is 17.7 Å². The predicted molar refractivity (Wildman–Crippen MR) is 127 cm³/mol. The third kappa shape index (κ3) is 4.75. The molecule has 1 atom stereocenters. The van der Waals surface area contributed by atoms with Gasteiger partial charge in [-0.05, 0) is 42.0 Å². The van der Waals surface area contributed by atoms with E-state index in [1.54, 1.807) is 48.9 Å². The van der Waals surface area contributed by atoms with Gasteiger partial charge in [0, 0.05) is 19.7 Å². The maximum absolute atomic E-state index is 14.9. The van der Waals surface area contributed by atoms with E-state index in [9.17, 15) is 9.18 Å². The zero-order valence-corrected chi connectivity index (χ0v) is 19.3. The number of carbonyl (C=O) groups excluding carboxylic acids is 1. The molecule has 0 fully saturated rings. The molecule has 4 aromatic rings. The van der Waals surface area contributed by atoms with Crippen LogP contribution in [-0.2, 0) is 4.79 Å². The van der Waals surface area contributed by atoms with Gasteiger partial charge >= 0.3 is 0 Å². The molecule has 33 heavy (non-hydrogen) atoms. The summed E-state index contributed by atoms with van der Waals surface area (Å²) in [5, 5.41) is 8.58. The standard InChI is InChI=1S/C25H23FN4O2S/c1-29(2)24(31)22(17-9-5-4-6-10-17)33-25-28-27-23(18-13-15-19(32-3)16-14-18)30(25)21-12-8-7-11-20(21)26/h4-16,22H,1-3H3/t22-/m1/s1. The molecule has 0 saturated carbocycles. The SMILES string of the molecule is COc1ccc(-c2nnc(S[C@@H](C(=O)N(C)C)c3ccccc3)n2-c2ccccc2F)cc1. The van der Waals surface area contributed by atoms with E-state index in [0.717, 1.165) is 11.1 Å². The summed E-state index contributed by atoms with van der Waals surface area (Å²) in [5.74, 6) is 0.657. The second kappa shape index (κ2) is 9.87. The number of halogens is 1. The number of aromatic nitrogens is 3. The number of amides is 1. The molecule has 0 unspecified atom stereocenters. The van der Waals surface area contributed by atoms with Crippen LogP contribution >= 0.6 is 11.8 Å². The highest BCUT2D eigenvalue weighted by Crippen LogP contribution is 2.38. The van der Waals surface area contributed by atoms with Gasteiger partial charge in [-0.15, -0.1) is 10.2 Å². The molecular formula is C25H23FN4O2S. The molecule has 1 aromatic heterocycles. The van der Waals surface area contributed by atoms with Crippen molar-refractivity contribution in [3.8, 4) is 22.8 Å². The Morgan fingerprint density at radius 3 is 2.27 bits per heavy atom. The number of likely N-dealkylation sites (N-methyl/N-ethyl adjacent to an activating group) is 1. The maximum atomic E-state index is 14.9. The van der Waals surface area contributed by atoms with Crippen LogP contribution in [-0.4, -0.2) is 46.8 Å². The molecule has 1 heterocycles. The van der Waals surface area contributed by atoms with Crippen molar-refractivity contribution in [3.63, 3.8) is 0 Å². The Bertz CT molecular complexity index is 1240. The maximum Gasteiger partial charge on any atom is 0.240 e. The van der Waals surface area contributed by atoms with Crippen LogP contribution in [0.5, 0.6) is 5.75 Å². The van der Waals surface area contributed by atoms with Gasteiger partial charge in [-0.2, -0.15) is 0 Å². The summed E-state index contributed by atoms with van der Waals surface area (Å²) in [6, 6.07) is 23.2. The quantitative estimate of drug-likeness (QED) is 0.362. The van der Waals surface area contributed by atoms with Crippen molar-refractivity contribution < 1.29 is 13.9 Å². The van der Waals surface area contributed by atoms with Crippen molar-refractivity contribution in [1.82, 2.24) is 19.7 Å². The molecular weight excluding hydrogens is 439 g/mol. The van der Waals surface area contributed by atoms with Gasteiger partial charge in [-0.3, -0.25) is 9.36 Å². The average molecular weight is 463 g/mol. The Morgan fingerprint density at radius 2 is 1.64 bits per heavy atom. The first kappa shape index (κ1) is 22.5. The predicted octanol–water partition coefficient (Wildman–Crippen LogP) is 5.00. The molecule has 168 valence electrons. The van der Waals surface area contributed by atoms with Crippen LogP contribution in [0.1, 0.15) is 10.8 Å². The zero-order chi connectivity index (χ0) is 23.4. The van der Waals surface area contributed by atoms with Gasteiger partial charge in [0.15, 0.2) is 11.0 Å². The van der Waals surface area contributed by atoms with E-state index in [4.69, 9.17) is 4.74 Å². The lowest BCUT2D eigenvalue weighted by Crippen LogP contribution is -2.27. The van der Waals surface area contributed by atoms with Crippen molar-refractivity contribution in [2.75, 3.05) is 21.2 Å². The Balaban J connectivity index is 1.84. The van der Waals surface area contributed by atoms with E-state index in [1.807, 2.05) is 54.6 Å². The van der Waals surface area contributed by atoms with Gasteiger partial charge in [-0.25, -0.2) is 4.39 Å². The molecule has 0 aliphatic heterocycles. The highest BCUT2D eigenvalue weighted by molar-refractivity contribution is 8.00. The summed E-state index contributed by atoms with van der Waals surface area (Å²) in [4.78, 5) is 14.6. The molecule has 0 aliphatic rings. The van der Waals surface area contributed by atoms with Crippen molar-refractivity contribution in [2.24, 2.45) is 0 Å². The van der Waals surface area contributed by atoms with E-state index in [-0.39, 0.29) is 5.91 Å². The monoisotopic (exact) mass is 462 g/mol. The van der Waals surface area contributed by atoms with Crippen molar-refractivity contribution in [3.05, 3.63) is 90.2 Å². The number of ether oxygens (including phenoxy) is 1. The normalized spacial score (nSPS) is 11.8. The van der Waals surface area contributed by atoms with Crippen molar-refractivity contribution in [1.29, 1.82) is 0 Å². The number of carbonyl (C=O) groups is 1. The van der Waals surface area contributed by atoms with Crippen LogP contribution < -0.4 is 4.74 Å². The third-order valence-corrected chi connectivity index (χ3v) is 6.25. The van der Waals surface area contributed by atoms with Gasteiger partial charge in [0.25, 0.3) is 0 Å². The summed E-state index contributed by atoms with van der Waals surface area (Å²) in [6.07, 6.45) is 0. The van der Waals surface area contributed by atoms with Gasteiger partial charge in [-0.1, -0.05) is 54.2 Å². The van der Waals surface area contributed by atoms with Crippen molar-refractivity contribution in [2.45, 2.75) is 10.4 Å². The summed E-state index contributed by atoms with van der Waals surface area (Å²) >= 11 is 1.24. The number of rotatable bonds is 7. The fraction of sp³-hybridized carbons (Fsp3) is 0.160. The first-order chi connectivity index (χ1) is 16.0. The number of thioether (sulfide) groups is 1. The fourth-order valence-corrected chi connectivity index (χ4v) is 4.55. The van der Waals surface area contributed by atoms with Crippen LogP contribution in [0.25, 0.3) is 17.1 Å². The van der Waals surface area contributed by atoms with Gasteiger partial charge in [0.1, 0.15) is 16.8 Å². The molecule has 0 saturated heterocycles. The number of hydrogen-bond acceptors (Lipinski definition) is 5. The second-order valence-corrected chi connectivity index (χ2v) is 8.53. The van der Waals surface area contributed by atoms with Gasteiger partial charge < -0.3 is 9.64 Å². The number of para-hydroxylation sites is 1. The third-order valence-electron chi connectivity index (χ3n) is 5.07. The number of nitrogens with zero attached hydrogens (tertiary/aromatic N) is 4. The molecule has 3 aromatic carbocycles. The minimum absolute atomic E-state index is 0.0970. The number of benzene rings is 3. The molecule has 1 amide bonds. The minimum Gasteiger partial charge on any atom is -0.497 e. The molecule has 6 nitrogen and oxygen atoms in total. The summed E-state index contributed by atoms with van der Waals surface area (Å²) in [7, 11) is 5.02. The number of hydrogen-bond donors (Lipinski definition) is 0. The highest BCUT2D eigenvalue weighted by Gasteiger charge is 2.28. The minimum atomic E-state index is -0.570. The lowest BCUT2D eigenvalue weighted by molar-refractivity contribution is -0.128. The topological polar surface area (TPSA) is 60.3 Å². The Kier molecular flexibility index (Phi) is 6.74. The first-order valence-corrected chi connectivity index (χ1v) is 11.1. The van der Waals surface area contributed by atoms with Crippen LogP contribution in [0.2, 0.25) is 0 Å². The van der Waals surface area contributed by atoms with E-state index in [0.29, 0.717) is 22.4 Å². The molecule has 0 N–H and O–H groups in total. The van der Waals surface area contributed by atoms with Crippen LogP contribution in [0, 0.1) is 5.82 Å². The summed E-state index contributed by atoms with van der Waals surface area (Å²) in [5.41, 5.74) is 1.88. The van der Waals surface area contributed by atoms with E-state index in [1.165, 1.54) is 17.8 Å². The molecule has 4 rings (SSSR count). The van der Waals surface area contributed by atoms with E-state index < -0.39 is 11.1 Å². The van der Waals surface area contributed by atoms with E-state index in [2.05, 4.69) is 10.2 Å². The van der Waals surface area contributed by atoms with E-state index >= 15 is 0 Å². The Hall–Kier alpha value is -3.65. The van der Waals surface area contributed by atoms with Gasteiger partial charge in [0.2, 0.25) is 5.91 Å². The fourth-order valence-electron chi connectivity index (χ4n) is 3.35. The lowest BCUT2D eigenvalue weighted by Gasteiger charge is -2.20. The second-order valence-electron chi connectivity index (χ2n) is 7.46. The van der Waals surface area contributed by atoms with Crippen LogP contribution in [0.4, 0.5) is 4.39 Å². The Labute approximate surface area is 196 Å². The lowest BCUT2D eigenvalue weighted by atomic mass is 10.1. The average Bonchev–Trinajstić information content (AvgIpc) is 3.26. The summed E-state index contributed by atoms with van der Waals surface area (Å²) < 4.78 is 21.8. The summed E-state index contributed by atoms with van der Waals surface area (Å²) in [6.45, 7) is 0. The molecule has 0 aliphatic carbocycles. The zero-order valence-electron chi connectivity index (χ0n) is 18.5. The van der Waals surface area contributed by atoms with Crippen LogP contribution in [0.15, 0.2) is 84.0 Å². The van der Waals surface area contributed by atoms with Gasteiger partial charge in [0.05, 0.1) is 12.8 Å². The first-order valence-electron chi connectivity index (χ1n) is 10.3. The highest BCUT2D eigenvalue weighted by atomic mass is 32.2. The Morgan fingerprint density at radius 1 is 0.970 bits per heavy atom. The molecule has 0 spiro atoms. The molecule has 0 radical (unpaired) electrons.